The Labute approximate surface area is 269 Å². The first kappa shape index (κ1) is 27.7. The predicted octanol–water partition coefficient (Wildman–Crippen LogP) is 11.7. The molecular formula is C44H32N2. The fourth-order valence-corrected chi connectivity index (χ4v) is 6.76. The smallest absolute Gasteiger partial charge is 0.0346 e. The molecule has 46 heavy (non-hydrogen) atoms. The van der Waals surface area contributed by atoms with Crippen LogP contribution in [0.3, 0.4) is 0 Å². The number of rotatable bonds is 5. The van der Waals surface area contributed by atoms with Crippen LogP contribution in [0.15, 0.2) is 158 Å². The zero-order chi connectivity index (χ0) is 31.0. The van der Waals surface area contributed by atoms with Crippen LogP contribution in [0.1, 0.15) is 11.1 Å². The lowest BCUT2D eigenvalue weighted by molar-refractivity contribution is 1.33. The average Bonchev–Trinajstić information content (AvgIpc) is 3.11. The van der Waals surface area contributed by atoms with Crippen LogP contribution in [0.2, 0.25) is 0 Å². The third kappa shape index (κ3) is 5.04. The molecule has 0 amide bonds. The number of aromatic nitrogens is 2. The van der Waals surface area contributed by atoms with Crippen LogP contribution in [0.4, 0.5) is 0 Å². The van der Waals surface area contributed by atoms with Crippen molar-refractivity contribution in [2.45, 2.75) is 13.8 Å². The fourth-order valence-electron chi connectivity index (χ4n) is 6.76. The van der Waals surface area contributed by atoms with Crippen LogP contribution >= 0.6 is 0 Å². The molecule has 0 aliphatic heterocycles. The third-order valence-corrected chi connectivity index (χ3v) is 8.93. The van der Waals surface area contributed by atoms with Gasteiger partial charge in [-0.15, -0.1) is 0 Å². The van der Waals surface area contributed by atoms with Gasteiger partial charge < -0.3 is 0 Å². The van der Waals surface area contributed by atoms with Crippen molar-refractivity contribution in [3.63, 3.8) is 0 Å². The summed E-state index contributed by atoms with van der Waals surface area (Å²) in [6.07, 6.45) is 7.60. The number of hydrogen-bond acceptors (Lipinski definition) is 2. The van der Waals surface area contributed by atoms with Crippen molar-refractivity contribution < 1.29 is 0 Å². The lowest BCUT2D eigenvalue weighted by Gasteiger charge is -2.17. The first-order valence-corrected chi connectivity index (χ1v) is 15.7. The van der Waals surface area contributed by atoms with Gasteiger partial charge in [-0.25, -0.2) is 0 Å². The highest BCUT2D eigenvalue weighted by Gasteiger charge is 2.16. The second-order valence-corrected chi connectivity index (χ2v) is 12.1. The van der Waals surface area contributed by atoms with E-state index in [-0.39, 0.29) is 0 Å². The van der Waals surface area contributed by atoms with Gasteiger partial charge in [0.2, 0.25) is 0 Å². The molecule has 0 atom stereocenters. The van der Waals surface area contributed by atoms with Gasteiger partial charge in [-0.3, -0.25) is 9.97 Å². The molecule has 0 aliphatic rings. The predicted molar refractivity (Wildman–Crippen MR) is 194 cm³/mol. The number of fused-ring (bicyclic) bond motifs is 2. The van der Waals surface area contributed by atoms with Crippen molar-refractivity contribution in [3.8, 4) is 55.6 Å². The van der Waals surface area contributed by atoms with E-state index in [1.54, 1.807) is 0 Å². The summed E-state index contributed by atoms with van der Waals surface area (Å²) in [7, 11) is 0. The topological polar surface area (TPSA) is 25.8 Å². The maximum absolute atomic E-state index is 4.50. The molecule has 0 spiro atoms. The molecule has 2 nitrogen and oxygen atoms in total. The minimum absolute atomic E-state index is 1.10. The fraction of sp³-hybridized carbons (Fsp3) is 0.0455. The summed E-state index contributed by atoms with van der Waals surface area (Å²) in [5.74, 6) is 0. The van der Waals surface area contributed by atoms with Crippen LogP contribution in [0, 0.1) is 13.8 Å². The first-order chi connectivity index (χ1) is 22.6. The minimum atomic E-state index is 1.10. The number of pyridine rings is 2. The van der Waals surface area contributed by atoms with Crippen molar-refractivity contribution in [3.05, 3.63) is 169 Å². The maximum atomic E-state index is 4.50. The average molecular weight is 589 g/mol. The van der Waals surface area contributed by atoms with E-state index in [2.05, 4.69) is 145 Å². The molecule has 8 rings (SSSR count). The van der Waals surface area contributed by atoms with Gasteiger partial charge in [0.05, 0.1) is 0 Å². The molecule has 0 saturated heterocycles. The van der Waals surface area contributed by atoms with Gasteiger partial charge >= 0.3 is 0 Å². The third-order valence-electron chi connectivity index (χ3n) is 8.93. The molecule has 0 radical (unpaired) electrons. The molecule has 2 aromatic heterocycles. The molecule has 0 bridgehead atoms. The van der Waals surface area contributed by atoms with E-state index < -0.39 is 0 Å². The Morgan fingerprint density at radius 2 is 0.761 bits per heavy atom. The van der Waals surface area contributed by atoms with Gasteiger partial charge in [-0.1, -0.05) is 108 Å². The minimum Gasteiger partial charge on any atom is -0.264 e. The summed E-state index contributed by atoms with van der Waals surface area (Å²) in [6.45, 7) is 4.32. The molecule has 6 aromatic carbocycles. The van der Waals surface area contributed by atoms with E-state index in [0.717, 1.165) is 11.1 Å². The highest BCUT2D eigenvalue weighted by molar-refractivity contribution is 6.10. The highest BCUT2D eigenvalue weighted by atomic mass is 14.6. The molecule has 0 N–H and O–H groups in total. The van der Waals surface area contributed by atoms with E-state index in [4.69, 9.17) is 0 Å². The summed E-state index contributed by atoms with van der Waals surface area (Å²) >= 11 is 0. The Morgan fingerprint density at radius 3 is 1.26 bits per heavy atom. The van der Waals surface area contributed by atoms with Gasteiger partial charge in [-0.2, -0.15) is 0 Å². The van der Waals surface area contributed by atoms with E-state index >= 15 is 0 Å². The number of hydrogen-bond donors (Lipinski definition) is 0. The Bertz CT molecular complexity index is 2370. The molecule has 218 valence electrons. The van der Waals surface area contributed by atoms with Gasteiger partial charge in [0, 0.05) is 35.9 Å². The molecule has 8 aromatic rings. The summed E-state index contributed by atoms with van der Waals surface area (Å²) in [5.41, 5.74) is 14.3. The zero-order valence-electron chi connectivity index (χ0n) is 25.9. The Kier molecular flexibility index (Phi) is 6.96. The molecule has 0 aliphatic carbocycles. The zero-order valence-corrected chi connectivity index (χ0v) is 25.9. The monoisotopic (exact) mass is 588 g/mol. The van der Waals surface area contributed by atoms with E-state index in [0.29, 0.717) is 0 Å². The lowest BCUT2D eigenvalue weighted by Crippen LogP contribution is -1.92. The molecule has 0 fully saturated rings. The number of benzene rings is 6. The van der Waals surface area contributed by atoms with Gasteiger partial charge in [-0.05, 0) is 116 Å². The van der Waals surface area contributed by atoms with Gasteiger partial charge in [0.25, 0.3) is 0 Å². The Morgan fingerprint density at radius 1 is 0.326 bits per heavy atom. The van der Waals surface area contributed by atoms with Crippen LogP contribution in [0.25, 0.3) is 77.2 Å². The van der Waals surface area contributed by atoms with Gasteiger partial charge in [0.1, 0.15) is 0 Å². The molecule has 2 heteroatoms. The van der Waals surface area contributed by atoms with Crippen LogP contribution in [-0.2, 0) is 0 Å². The summed E-state index contributed by atoms with van der Waals surface area (Å²) in [5, 5.41) is 4.87. The standard InChI is InChI=1S/C44H32N2/c1-29-9-3-11-31(21-29)37-15-5-18-40-42(34-14-8-20-46-28-34)24-36(25-43(37)40)35-23-41(32-12-4-10-30(2)22-32)39-17-6-16-38(44(39)26-35)33-13-7-19-45-27-33/h3-28H,1-2H3. The quantitative estimate of drug-likeness (QED) is 0.200. The largest absolute Gasteiger partial charge is 0.264 e. The second-order valence-electron chi connectivity index (χ2n) is 12.1. The van der Waals surface area contributed by atoms with E-state index in [9.17, 15) is 0 Å². The van der Waals surface area contributed by atoms with Crippen LogP contribution in [-0.4, -0.2) is 9.97 Å². The van der Waals surface area contributed by atoms with Crippen molar-refractivity contribution in [2.75, 3.05) is 0 Å². The van der Waals surface area contributed by atoms with Crippen LogP contribution in [0.5, 0.6) is 0 Å². The summed E-state index contributed by atoms with van der Waals surface area (Å²) < 4.78 is 0. The van der Waals surface area contributed by atoms with Gasteiger partial charge in [0.15, 0.2) is 0 Å². The molecule has 0 unspecified atom stereocenters. The first-order valence-electron chi connectivity index (χ1n) is 15.7. The highest BCUT2D eigenvalue weighted by Crippen LogP contribution is 2.42. The Hall–Kier alpha value is -5.86. The van der Waals surface area contributed by atoms with Crippen molar-refractivity contribution in [1.82, 2.24) is 9.97 Å². The van der Waals surface area contributed by atoms with E-state index in [1.807, 2.05) is 36.9 Å². The van der Waals surface area contributed by atoms with Crippen molar-refractivity contribution in [2.24, 2.45) is 0 Å². The Balaban J connectivity index is 1.47. The lowest BCUT2D eigenvalue weighted by atomic mass is 9.86. The van der Waals surface area contributed by atoms with Crippen molar-refractivity contribution in [1.29, 1.82) is 0 Å². The van der Waals surface area contributed by atoms with E-state index in [1.165, 1.54) is 77.2 Å². The summed E-state index contributed by atoms with van der Waals surface area (Å²) in [6, 6.07) is 48.6. The molecular weight excluding hydrogens is 556 g/mol. The maximum Gasteiger partial charge on any atom is 0.0346 e. The number of nitrogens with zero attached hydrogens (tertiary/aromatic N) is 2. The molecule has 2 heterocycles. The SMILES string of the molecule is Cc1cccc(-c2cc(-c3cc(-c4cccnc4)c4cccc(-c5cccc(C)c5)c4c3)cc3c(-c4cccnc4)cccc23)c1. The summed E-state index contributed by atoms with van der Waals surface area (Å²) in [4.78, 5) is 8.96. The second kappa shape index (κ2) is 11.6. The molecule has 0 saturated carbocycles. The van der Waals surface area contributed by atoms with Crippen LogP contribution < -0.4 is 0 Å². The number of aryl methyl sites for hydroxylation is 2. The normalized spacial score (nSPS) is 11.3. The van der Waals surface area contributed by atoms with Crippen molar-refractivity contribution >= 4 is 21.5 Å².